The van der Waals surface area contributed by atoms with Crippen LogP contribution in [0.15, 0.2) is 0 Å². The molecule has 0 fully saturated rings. The van der Waals surface area contributed by atoms with Crippen LogP contribution in [-0.4, -0.2) is 69.6 Å². The highest BCUT2D eigenvalue weighted by atomic mass is 16.4. The van der Waals surface area contributed by atoms with Crippen molar-refractivity contribution in [2.45, 2.75) is 69.9 Å². The number of rotatable bonds is 13. The molecule has 0 aliphatic carbocycles. The van der Waals surface area contributed by atoms with Gasteiger partial charge in [0.05, 0.1) is 12.7 Å². The van der Waals surface area contributed by atoms with Crippen LogP contribution < -0.4 is 5.32 Å². The van der Waals surface area contributed by atoms with Crippen LogP contribution in [0.3, 0.4) is 0 Å². The van der Waals surface area contributed by atoms with Crippen molar-refractivity contribution in [3.63, 3.8) is 0 Å². The minimum atomic E-state index is -1.55. The average molecular weight is 293 g/mol. The summed E-state index contributed by atoms with van der Waals surface area (Å²) in [6, 6.07) is 0. The van der Waals surface area contributed by atoms with E-state index in [1.54, 1.807) is 0 Å². The van der Waals surface area contributed by atoms with Crippen LogP contribution in [0.1, 0.15) is 45.4 Å². The van der Waals surface area contributed by atoms with E-state index in [-0.39, 0.29) is 6.54 Å². The number of hydrogen-bond donors (Lipinski definition) is 6. The minimum Gasteiger partial charge on any atom is -0.394 e. The van der Waals surface area contributed by atoms with E-state index in [1.165, 1.54) is 25.7 Å². The highest BCUT2D eigenvalue weighted by Gasteiger charge is 2.29. The van der Waals surface area contributed by atoms with Crippen LogP contribution >= 0.6 is 0 Å². The second kappa shape index (κ2) is 12.5. The van der Waals surface area contributed by atoms with Crippen molar-refractivity contribution in [3.05, 3.63) is 0 Å². The highest BCUT2D eigenvalue weighted by molar-refractivity contribution is 4.81. The zero-order chi connectivity index (χ0) is 15.4. The number of nitrogens with one attached hydrogen (secondary N) is 1. The van der Waals surface area contributed by atoms with Crippen molar-refractivity contribution in [1.82, 2.24) is 5.32 Å². The standard InChI is InChI=1S/C14H31NO5/c1-2-3-4-5-6-7-8-15-9-11(17)13(19)14(20)12(18)10-16/h11-20H,2-10H2,1H3/t11-,12+,13-,14+/m0/s1. The van der Waals surface area contributed by atoms with Gasteiger partial charge in [-0.05, 0) is 13.0 Å². The van der Waals surface area contributed by atoms with E-state index >= 15 is 0 Å². The molecule has 0 bridgehead atoms. The van der Waals surface area contributed by atoms with Crippen molar-refractivity contribution in [2.24, 2.45) is 0 Å². The number of unbranched alkanes of at least 4 members (excludes halogenated alkanes) is 5. The van der Waals surface area contributed by atoms with E-state index in [9.17, 15) is 15.3 Å². The molecule has 6 nitrogen and oxygen atoms in total. The molecule has 4 atom stereocenters. The Morgan fingerprint density at radius 2 is 1.35 bits per heavy atom. The number of aliphatic hydroxyl groups is 5. The summed E-state index contributed by atoms with van der Waals surface area (Å²) in [5, 5.41) is 49.5. The van der Waals surface area contributed by atoms with Crippen molar-refractivity contribution >= 4 is 0 Å². The first-order valence-corrected chi connectivity index (χ1v) is 7.58. The first-order chi connectivity index (χ1) is 9.54. The maximum absolute atomic E-state index is 9.64. The van der Waals surface area contributed by atoms with Gasteiger partial charge in [0.15, 0.2) is 0 Å². The van der Waals surface area contributed by atoms with E-state index in [2.05, 4.69) is 12.2 Å². The molecule has 0 amide bonds. The van der Waals surface area contributed by atoms with Crippen molar-refractivity contribution < 1.29 is 25.5 Å². The van der Waals surface area contributed by atoms with Gasteiger partial charge in [0.1, 0.15) is 18.3 Å². The molecule has 0 aromatic heterocycles. The van der Waals surface area contributed by atoms with Gasteiger partial charge in [-0.1, -0.05) is 39.0 Å². The van der Waals surface area contributed by atoms with Crippen LogP contribution in [0, 0.1) is 0 Å². The van der Waals surface area contributed by atoms with Gasteiger partial charge in [0, 0.05) is 6.54 Å². The predicted octanol–water partition coefficient (Wildman–Crippen LogP) is -0.628. The fraction of sp³-hybridized carbons (Fsp3) is 1.00. The number of aliphatic hydroxyl groups excluding tert-OH is 5. The fourth-order valence-corrected chi connectivity index (χ4v) is 1.96. The second-order valence-corrected chi connectivity index (χ2v) is 5.27. The smallest absolute Gasteiger partial charge is 0.111 e. The minimum absolute atomic E-state index is 0.144. The molecule has 0 aromatic carbocycles. The van der Waals surface area contributed by atoms with E-state index < -0.39 is 31.0 Å². The van der Waals surface area contributed by atoms with Gasteiger partial charge in [0.2, 0.25) is 0 Å². The van der Waals surface area contributed by atoms with Crippen molar-refractivity contribution in [1.29, 1.82) is 0 Å². The first kappa shape index (κ1) is 19.8. The molecule has 0 aliphatic heterocycles. The van der Waals surface area contributed by atoms with Gasteiger partial charge < -0.3 is 30.8 Å². The first-order valence-electron chi connectivity index (χ1n) is 7.58. The average Bonchev–Trinajstić information content (AvgIpc) is 2.47. The quantitative estimate of drug-likeness (QED) is 0.252. The molecular formula is C14H31NO5. The molecule has 6 N–H and O–H groups in total. The van der Waals surface area contributed by atoms with Crippen molar-refractivity contribution in [2.75, 3.05) is 19.7 Å². The summed E-state index contributed by atoms with van der Waals surface area (Å²) in [4.78, 5) is 0. The van der Waals surface area contributed by atoms with Gasteiger partial charge in [-0.2, -0.15) is 0 Å². The van der Waals surface area contributed by atoms with Crippen LogP contribution in [-0.2, 0) is 0 Å². The summed E-state index contributed by atoms with van der Waals surface area (Å²) < 4.78 is 0. The lowest BCUT2D eigenvalue weighted by Gasteiger charge is -2.25. The van der Waals surface area contributed by atoms with E-state index in [4.69, 9.17) is 10.2 Å². The molecule has 0 unspecified atom stereocenters. The largest absolute Gasteiger partial charge is 0.394 e. The van der Waals surface area contributed by atoms with Gasteiger partial charge in [0.25, 0.3) is 0 Å². The predicted molar refractivity (Wildman–Crippen MR) is 77.4 cm³/mol. The topological polar surface area (TPSA) is 113 Å². The second-order valence-electron chi connectivity index (χ2n) is 5.27. The Balaban J connectivity index is 3.59. The third kappa shape index (κ3) is 8.84. The Labute approximate surface area is 121 Å². The summed E-state index contributed by atoms with van der Waals surface area (Å²) >= 11 is 0. The Bertz CT molecular complexity index is 218. The van der Waals surface area contributed by atoms with Crippen LogP contribution in [0.5, 0.6) is 0 Å². The summed E-state index contributed by atoms with van der Waals surface area (Å²) in [6.07, 6.45) is 1.45. The monoisotopic (exact) mass is 293 g/mol. The molecule has 0 aliphatic rings. The Morgan fingerprint density at radius 3 is 1.95 bits per heavy atom. The molecular weight excluding hydrogens is 262 g/mol. The van der Waals surface area contributed by atoms with Gasteiger partial charge >= 0.3 is 0 Å². The molecule has 122 valence electrons. The van der Waals surface area contributed by atoms with Crippen LogP contribution in [0.4, 0.5) is 0 Å². The lowest BCUT2D eigenvalue weighted by molar-refractivity contribution is -0.113. The van der Waals surface area contributed by atoms with Gasteiger partial charge in [-0.15, -0.1) is 0 Å². The Morgan fingerprint density at radius 1 is 0.800 bits per heavy atom. The summed E-state index contributed by atoms with van der Waals surface area (Å²) in [7, 11) is 0. The summed E-state index contributed by atoms with van der Waals surface area (Å²) in [5.41, 5.74) is 0. The lowest BCUT2D eigenvalue weighted by Crippen LogP contribution is -2.49. The highest BCUT2D eigenvalue weighted by Crippen LogP contribution is 2.06. The zero-order valence-corrected chi connectivity index (χ0v) is 12.4. The summed E-state index contributed by atoms with van der Waals surface area (Å²) in [5.74, 6) is 0. The molecule has 0 saturated heterocycles. The van der Waals surface area contributed by atoms with Crippen LogP contribution in [0.25, 0.3) is 0 Å². The fourth-order valence-electron chi connectivity index (χ4n) is 1.96. The Hall–Kier alpha value is -0.240. The van der Waals surface area contributed by atoms with Gasteiger partial charge in [-0.25, -0.2) is 0 Å². The van der Waals surface area contributed by atoms with Gasteiger partial charge in [-0.3, -0.25) is 0 Å². The molecule has 0 spiro atoms. The molecule has 20 heavy (non-hydrogen) atoms. The molecule has 0 saturated carbocycles. The molecule has 0 radical (unpaired) electrons. The number of hydrogen-bond acceptors (Lipinski definition) is 6. The lowest BCUT2D eigenvalue weighted by atomic mass is 10.0. The molecule has 0 aromatic rings. The SMILES string of the molecule is CCCCCCCCNC[C@H](O)[C@H](O)[C@H](O)[C@H](O)CO. The van der Waals surface area contributed by atoms with Crippen LogP contribution in [0.2, 0.25) is 0 Å². The van der Waals surface area contributed by atoms with Crippen molar-refractivity contribution in [3.8, 4) is 0 Å². The molecule has 0 heterocycles. The van der Waals surface area contributed by atoms with E-state index in [0.29, 0.717) is 0 Å². The Kier molecular flexibility index (Phi) is 12.3. The molecule has 6 heteroatoms. The normalized spacial score (nSPS) is 17.7. The maximum Gasteiger partial charge on any atom is 0.111 e. The summed E-state index contributed by atoms with van der Waals surface area (Å²) in [6.45, 7) is 2.41. The van der Waals surface area contributed by atoms with E-state index in [1.807, 2.05) is 0 Å². The third-order valence-electron chi connectivity index (χ3n) is 3.39. The maximum atomic E-state index is 9.64. The zero-order valence-electron chi connectivity index (χ0n) is 12.4. The third-order valence-corrected chi connectivity index (χ3v) is 3.39. The van der Waals surface area contributed by atoms with E-state index in [0.717, 1.165) is 19.4 Å². The molecule has 0 rings (SSSR count).